The molecule has 0 aliphatic rings. The molecule has 0 bridgehead atoms. The van der Waals surface area contributed by atoms with Gasteiger partial charge >= 0.3 is 0 Å². The van der Waals surface area contributed by atoms with E-state index in [1.54, 1.807) is 24.5 Å². The summed E-state index contributed by atoms with van der Waals surface area (Å²) >= 11 is 0. The Bertz CT molecular complexity index is 499. The number of hydrogen-bond donors (Lipinski definition) is 2. The van der Waals surface area contributed by atoms with Gasteiger partial charge < -0.3 is 16.2 Å². The number of nitrogen functional groups attached to an aromatic ring is 2. The zero-order valence-electron chi connectivity index (χ0n) is 9.63. The number of aromatic nitrogens is 1. The lowest BCUT2D eigenvalue weighted by Gasteiger charge is -2.17. The number of ether oxygens (including phenoxy) is 1. The van der Waals surface area contributed by atoms with Gasteiger partial charge in [-0.25, -0.2) is 0 Å². The molecule has 2 aromatic rings. The van der Waals surface area contributed by atoms with E-state index in [4.69, 9.17) is 16.2 Å². The van der Waals surface area contributed by atoms with Crippen molar-refractivity contribution < 1.29 is 4.74 Å². The van der Waals surface area contributed by atoms with E-state index in [2.05, 4.69) is 4.98 Å². The summed E-state index contributed by atoms with van der Waals surface area (Å²) in [5.74, 6) is 0.710. The van der Waals surface area contributed by atoms with Crippen LogP contribution in [-0.2, 0) is 0 Å². The minimum atomic E-state index is -0.164. The summed E-state index contributed by atoms with van der Waals surface area (Å²) in [7, 11) is 0. The van der Waals surface area contributed by atoms with Gasteiger partial charge in [-0.2, -0.15) is 0 Å². The van der Waals surface area contributed by atoms with Crippen LogP contribution in [0.3, 0.4) is 0 Å². The van der Waals surface area contributed by atoms with Crippen LogP contribution in [0.1, 0.15) is 18.6 Å². The highest BCUT2D eigenvalue weighted by Crippen LogP contribution is 2.26. The Morgan fingerprint density at radius 1 is 1.24 bits per heavy atom. The molecule has 0 fully saturated rings. The third kappa shape index (κ3) is 2.66. The lowest BCUT2D eigenvalue weighted by Crippen LogP contribution is -2.07. The zero-order valence-corrected chi connectivity index (χ0v) is 9.63. The molecule has 1 heterocycles. The fraction of sp³-hybridized carbons (Fsp3) is 0.154. The van der Waals surface area contributed by atoms with Gasteiger partial charge in [0.2, 0.25) is 0 Å². The molecule has 0 amide bonds. The van der Waals surface area contributed by atoms with E-state index in [0.29, 0.717) is 17.1 Å². The molecule has 0 saturated carbocycles. The number of nitrogens with two attached hydrogens (primary N) is 2. The Labute approximate surface area is 100 Å². The largest absolute Gasteiger partial charge is 0.484 e. The maximum atomic E-state index is 5.89. The second kappa shape index (κ2) is 4.74. The zero-order chi connectivity index (χ0) is 12.3. The molecule has 0 saturated heterocycles. The Kier molecular flexibility index (Phi) is 3.14. The highest BCUT2D eigenvalue weighted by Gasteiger charge is 2.11. The van der Waals surface area contributed by atoms with Crippen LogP contribution in [0.5, 0.6) is 5.75 Å². The van der Waals surface area contributed by atoms with Gasteiger partial charge in [0.25, 0.3) is 0 Å². The summed E-state index contributed by atoms with van der Waals surface area (Å²) in [6.07, 6.45) is 3.20. The van der Waals surface area contributed by atoms with Crippen LogP contribution < -0.4 is 16.2 Å². The van der Waals surface area contributed by atoms with E-state index in [-0.39, 0.29) is 6.10 Å². The summed E-state index contributed by atoms with van der Waals surface area (Å²) in [6.45, 7) is 1.93. The summed E-state index contributed by atoms with van der Waals surface area (Å²) in [6, 6.07) is 9.07. The van der Waals surface area contributed by atoms with Gasteiger partial charge in [-0.3, -0.25) is 4.98 Å². The van der Waals surface area contributed by atoms with Crippen LogP contribution in [0.2, 0.25) is 0 Å². The van der Waals surface area contributed by atoms with E-state index in [0.717, 1.165) is 5.56 Å². The van der Waals surface area contributed by atoms with Crippen LogP contribution in [0.15, 0.2) is 42.7 Å². The van der Waals surface area contributed by atoms with E-state index in [1.165, 1.54) is 0 Å². The molecular formula is C13H15N3O. The maximum Gasteiger partial charge on any atom is 0.138 e. The normalized spacial score (nSPS) is 12.1. The van der Waals surface area contributed by atoms with Crippen molar-refractivity contribution in [1.29, 1.82) is 0 Å². The van der Waals surface area contributed by atoms with E-state index in [9.17, 15) is 0 Å². The molecule has 4 N–H and O–H groups in total. The highest BCUT2D eigenvalue weighted by atomic mass is 16.5. The quantitative estimate of drug-likeness (QED) is 0.792. The Morgan fingerprint density at radius 2 is 2.06 bits per heavy atom. The SMILES string of the molecule is CC(Oc1cccnc1)c1cc(N)ccc1N. The average molecular weight is 229 g/mol. The molecule has 1 unspecified atom stereocenters. The van der Waals surface area contributed by atoms with Gasteiger partial charge in [0.1, 0.15) is 11.9 Å². The monoisotopic (exact) mass is 229 g/mol. The molecule has 0 aliphatic carbocycles. The molecule has 1 aromatic heterocycles. The maximum absolute atomic E-state index is 5.89. The molecule has 4 nitrogen and oxygen atoms in total. The second-order valence-corrected chi connectivity index (χ2v) is 3.84. The predicted octanol–water partition coefficient (Wildman–Crippen LogP) is 2.39. The van der Waals surface area contributed by atoms with Gasteiger partial charge in [0, 0.05) is 23.1 Å². The topological polar surface area (TPSA) is 74.2 Å². The molecule has 0 radical (unpaired) electrons. The number of pyridine rings is 1. The molecular weight excluding hydrogens is 214 g/mol. The first kappa shape index (κ1) is 11.3. The molecule has 4 heteroatoms. The summed E-state index contributed by atoms with van der Waals surface area (Å²) in [4.78, 5) is 3.99. The molecule has 88 valence electrons. The van der Waals surface area contributed by atoms with Crippen molar-refractivity contribution in [3.05, 3.63) is 48.3 Å². The van der Waals surface area contributed by atoms with Crippen molar-refractivity contribution in [2.75, 3.05) is 11.5 Å². The van der Waals surface area contributed by atoms with Crippen LogP contribution >= 0.6 is 0 Å². The van der Waals surface area contributed by atoms with Crippen molar-refractivity contribution in [2.24, 2.45) is 0 Å². The van der Waals surface area contributed by atoms with Gasteiger partial charge in [0.05, 0.1) is 6.20 Å². The lowest BCUT2D eigenvalue weighted by molar-refractivity contribution is 0.227. The number of anilines is 2. The van der Waals surface area contributed by atoms with E-state index in [1.807, 2.05) is 25.1 Å². The summed E-state index contributed by atoms with van der Waals surface area (Å²) < 4.78 is 5.74. The van der Waals surface area contributed by atoms with Gasteiger partial charge in [-0.1, -0.05) is 0 Å². The van der Waals surface area contributed by atoms with Crippen molar-refractivity contribution in [2.45, 2.75) is 13.0 Å². The number of nitrogens with zero attached hydrogens (tertiary/aromatic N) is 1. The Balaban J connectivity index is 2.20. The van der Waals surface area contributed by atoms with Gasteiger partial charge in [-0.15, -0.1) is 0 Å². The molecule has 0 spiro atoms. The first-order chi connectivity index (χ1) is 8.16. The minimum Gasteiger partial charge on any atom is -0.484 e. The lowest BCUT2D eigenvalue weighted by atomic mass is 10.1. The molecule has 2 rings (SSSR count). The fourth-order valence-electron chi connectivity index (χ4n) is 1.63. The first-order valence-corrected chi connectivity index (χ1v) is 5.38. The van der Waals surface area contributed by atoms with E-state index >= 15 is 0 Å². The minimum absolute atomic E-state index is 0.164. The van der Waals surface area contributed by atoms with E-state index < -0.39 is 0 Å². The van der Waals surface area contributed by atoms with Crippen molar-refractivity contribution in [3.8, 4) is 5.75 Å². The average Bonchev–Trinajstić information content (AvgIpc) is 2.33. The van der Waals surface area contributed by atoms with Crippen LogP contribution in [0.25, 0.3) is 0 Å². The van der Waals surface area contributed by atoms with Gasteiger partial charge in [0.15, 0.2) is 0 Å². The molecule has 0 aliphatic heterocycles. The molecule has 17 heavy (non-hydrogen) atoms. The third-order valence-electron chi connectivity index (χ3n) is 2.50. The Morgan fingerprint density at radius 3 is 2.76 bits per heavy atom. The van der Waals surface area contributed by atoms with Gasteiger partial charge in [-0.05, 0) is 37.3 Å². The first-order valence-electron chi connectivity index (χ1n) is 5.38. The summed E-state index contributed by atoms with van der Waals surface area (Å²) in [5, 5.41) is 0. The molecule has 1 aromatic carbocycles. The smallest absolute Gasteiger partial charge is 0.138 e. The van der Waals surface area contributed by atoms with Crippen molar-refractivity contribution >= 4 is 11.4 Å². The highest BCUT2D eigenvalue weighted by molar-refractivity contribution is 5.56. The van der Waals surface area contributed by atoms with Crippen LogP contribution in [0.4, 0.5) is 11.4 Å². The third-order valence-corrected chi connectivity index (χ3v) is 2.50. The summed E-state index contributed by atoms with van der Waals surface area (Å²) in [5.41, 5.74) is 13.9. The number of benzene rings is 1. The Hall–Kier alpha value is -2.23. The fourth-order valence-corrected chi connectivity index (χ4v) is 1.63. The van der Waals surface area contributed by atoms with Crippen LogP contribution in [-0.4, -0.2) is 4.98 Å². The number of rotatable bonds is 3. The number of hydrogen-bond acceptors (Lipinski definition) is 4. The molecule has 1 atom stereocenters. The second-order valence-electron chi connectivity index (χ2n) is 3.84. The van der Waals surface area contributed by atoms with Crippen LogP contribution in [0, 0.1) is 0 Å². The van der Waals surface area contributed by atoms with Crippen molar-refractivity contribution in [3.63, 3.8) is 0 Å². The predicted molar refractivity (Wildman–Crippen MR) is 68.5 cm³/mol. The standard InChI is InChI=1S/C13H15N3O/c1-9(17-11-3-2-6-16-8-11)12-7-10(14)4-5-13(12)15/h2-9H,14-15H2,1H3. The van der Waals surface area contributed by atoms with Crippen molar-refractivity contribution in [1.82, 2.24) is 4.98 Å².